The first kappa shape index (κ1) is 22.1. The van der Waals surface area contributed by atoms with Gasteiger partial charge in [0.05, 0.1) is 32.6 Å². The molecule has 168 valence electrons. The molecular formula is C26H19ClN4O2S. The number of aryl methyl sites for hydroxylation is 1. The molecule has 34 heavy (non-hydrogen) atoms. The molecule has 0 radical (unpaired) electrons. The highest BCUT2D eigenvalue weighted by atomic mass is 35.5. The van der Waals surface area contributed by atoms with E-state index in [-0.39, 0.29) is 23.7 Å². The summed E-state index contributed by atoms with van der Waals surface area (Å²) < 4.78 is 0.804. The lowest BCUT2D eigenvalue weighted by Gasteiger charge is -2.10. The Morgan fingerprint density at radius 3 is 2.65 bits per heavy atom. The number of fused-ring (bicyclic) bond motifs is 1. The first-order chi connectivity index (χ1) is 16.4. The zero-order chi connectivity index (χ0) is 23.8. The zero-order valence-corrected chi connectivity index (χ0v) is 19.7. The van der Waals surface area contributed by atoms with Crippen molar-refractivity contribution in [2.24, 2.45) is 5.92 Å². The van der Waals surface area contributed by atoms with E-state index in [2.05, 4.69) is 21.7 Å². The van der Waals surface area contributed by atoms with Gasteiger partial charge in [0.1, 0.15) is 0 Å². The quantitative estimate of drug-likeness (QED) is 0.355. The number of amides is 2. The van der Waals surface area contributed by atoms with Crippen molar-refractivity contribution in [2.75, 3.05) is 10.6 Å². The van der Waals surface area contributed by atoms with E-state index >= 15 is 0 Å². The molecule has 4 aromatic rings. The molecule has 2 unspecified atom stereocenters. The third-order valence-corrected chi connectivity index (χ3v) is 7.18. The summed E-state index contributed by atoms with van der Waals surface area (Å²) in [7, 11) is 0. The first-order valence-electron chi connectivity index (χ1n) is 10.7. The number of para-hydroxylation sites is 1. The summed E-state index contributed by atoms with van der Waals surface area (Å²) in [6, 6.07) is 20.2. The van der Waals surface area contributed by atoms with Gasteiger partial charge in [-0.15, -0.1) is 0 Å². The van der Waals surface area contributed by atoms with Crippen molar-refractivity contribution in [1.29, 1.82) is 5.26 Å². The van der Waals surface area contributed by atoms with Crippen LogP contribution in [0.1, 0.15) is 39.4 Å². The molecule has 2 N–H and O–H groups in total. The van der Waals surface area contributed by atoms with Gasteiger partial charge in [-0.25, -0.2) is 4.98 Å². The van der Waals surface area contributed by atoms with Gasteiger partial charge in [-0.3, -0.25) is 9.59 Å². The summed E-state index contributed by atoms with van der Waals surface area (Å²) in [6.07, 6.45) is 0.772. The number of benzene rings is 3. The topological polar surface area (TPSA) is 94.9 Å². The van der Waals surface area contributed by atoms with Gasteiger partial charge < -0.3 is 10.6 Å². The largest absolute Gasteiger partial charge is 0.320 e. The molecule has 1 saturated carbocycles. The molecule has 3 aromatic carbocycles. The molecule has 1 aliphatic carbocycles. The van der Waals surface area contributed by atoms with Gasteiger partial charge >= 0.3 is 0 Å². The molecule has 1 fully saturated rings. The number of anilines is 2. The van der Waals surface area contributed by atoms with Gasteiger partial charge in [0.2, 0.25) is 5.91 Å². The number of nitrogens with one attached hydrogen (secondary N) is 2. The predicted molar refractivity (Wildman–Crippen MR) is 134 cm³/mol. The molecule has 0 saturated heterocycles. The molecule has 2 amide bonds. The van der Waals surface area contributed by atoms with Crippen LogP contribution in [0, 0.1) is 24.2 Å². The summed E-state index contributed by atoms with van der Waals surface area (Å²) in [4.78, 5) is 30.0. The van der Waals surface area contributed by atoms with E-state index in [0.717, 1.165) is 22.2 Å². The average Bonchev–Trinajstić information content (AvgIpc) is 3.54. The molecule has 0 aliphatic heterocycles. The van der Waals surface area contributed by atoms with Gasteiger partial charge in [-0.05, 0) is 66.8 Å². The van der Waals surface area contributed by atoms with Crippen LogP contribution in [0.25, 0.3) is 10.2 Å². The number of thiazole rings is 1. The lowest BCUT2D eigenvalue weighted by molar-refractivity contribution is -0.117. The molecule has 0 spiro atoms. The van der Waals surface area contributed by atoms with Crippen molar-refractivity contribution >= 4 is 55.8 Å². The van der Waals surface area contributed by atoms with Gasteiger partial charge in [-0.1, -0.05) is 47.2 Å². The monoisotopic (exact) mass is 486 g/mol. The number of rotatable bonds is 5. The maximum atomic E-state index is 12.8. The van der Waals surface area contributed by atoms with Crippen LogP contribution in [0.15, 0.2) is 60.7 Å². The fraction of sp³-hybridized carbons (Fsp3) is 0.154. The lowest BCUT2D eigenvalue weighted by Crippen LogP contribution is -2.14. The number of carbonyl (C=O) groups excluding carboxylic acids is 2. The molecule has 0 bridgehead atoms. The van der Waals surface area contributed by atoms with Gasteiger partial charge in [0.25, 0.3) is 5.91 Å². The highest BCUT2D eigenvalue weighted by molar-refractivity contribution is 7.22. The maximum Gasteiger partial charge on any atom is 0.255 e. The Balaban J connectivity index is 1.27. The average molecular weight is 487 g/mol. The Bertz CT molecular complexity index is 1450. The second-order valence-electron chi connectivity index (χ2n) is 8.26. The summed E-state index contributed by atoms with van der Waals surface area (Å²) in [6.45, 7) is 1.88. The standard InChI is InChI=1S/C26H19ClN4O2S/c1-14-3-2-4-20(27)23(14)30-24(32)17-9-10-21-22(11-17)34-26(29-21)31-25(33)19-12-18(19)16-7-5-15(13-28)6-8-16/h2-11,18-19H,12H2,1H3,(H,30,32)(H,29,31,33). The molecule has 1 aromatic heterocycles. The van der Waals surface area contributed by atoms with Crippen molar-refractivity contribution in [3.63, 3.8) is 0 Å². The zero-order valence-electron chi connectivity index (χ0n) is 18.1. The molecule has 1 aliphatic rings. The number of carbonyl (C=O) groups is 2. The Kier molecular flexibility index (Phi) is 5.78. The van der Waals surface area contributed by atoms with Crippen LogP contribution >= 0.6 is 22.9 Å². The van der Waals surface area contributed by atoms with Crippen LogP contribution in [0.5, 0.6) is 0 Å². The summed E-state index contributed by atoms with van der Waals surface area (Å²) >= 11 is 7.56. The first-order valence-corrected chi connectivity index (χ1v) is 11.9. The third kappa shape index (κ3) is 4.38. The highest BCUT2D eigenvalue weighted by Gasteiger charge is 2.44. The lowest BCUT2D eigenvalue weighted by atomic mass is 10.1. The fourth-order valence-corrected chi connectivity index (χ4v) is 5.13. The van der Waals surface area contributed by atoms with Crippen molar-refractivity contribution in [2.45, 2.75) is 19.3 Å². The van der Waals surface area contributed by atoms with Gasteiger partial charge in [-0.2, -0.15) is 5.26 Å². The van der Waals surface area contributed by atoms with Crippen LogP contribution in [0.2, 0.25) is 5.02 Å². The SMILES string of the molecule is Cc1cccc(Cl)c1NC(=O)c1ccc2nc(NC(=O)C3CC3c3ccc(C#N)cc3)sc2c1. The second-order valence-corrected chi connectivity index (χ2v) is 9.70. The van der Waals surface area contributed by atoms with E-state index in [1.54, 1.807) is 36.4 Å². The number of hydrogen-bond donors (Lipinski definition) is 2. The van der Waals surface area contributed by atoms with Gasteiger partial charge in [0.15, 0.2) is 5.13 Å². The van der Waals surface area contributed by atoms with E-state index in [0.29, 0.717) is 32.5 Å². The van der Waals surface area contributed by atoms with Crippen molar-refractivity contribution < 1.29 is 9.59 Å². The Morgan fingerprint density at radius 2 is 1.91 bits per heavy atom. The summed E-state index contributed by atoms with van der Waals surface area (Å²) in [5.41, 5.74) is 4.33. The van der Waals surface area contributed by atoms with Crippen molar-refractivity contribution in [1.82, 2.24) is 4.98 Å². The molecular weight excluding hydrogens is 468 g/mol. The Morgan fingerprint density at radius 1 is 1.12 bits per heavy atom. The Hall–Kier alpha value is -3.73. The third-order valence-electron chi connectivity index (χ3n) is 5.94. The predicted octanol–water partition coefficient (Wildman–Crippen LogP) is 6.12. The molecule has 8 heteroatoms. The smallest absolute Gasteiger partial charge is 0.255 e. The normalized spacial score (nSPS) is 16.6. The maximum absolute atomic E-state index is 12.8. The van der Waals surface area contributed by atoms with E-state index in [1.807, 2.05) is 31.2 Å². The highest BCUT2D eigenvalue weighted by Crippen LogP contribution is 2.48. The minimum Gasteiger partial charge on any atom is -0.320 e. The van der Waals surface area contributed by atoms with Crippen LogP contribution in [0.3, 0.4) is 0 Å². The van der Waals surface area contributed by atoms with E-state index < -0.39 is 0 Å². The molecule has 6 nitrogen and oxygen atoms in total. The summed E-state index contributed by atoms with van der Waals surface area (Å²) in [5.74, 6) is -0.285. The van der Waals surface area contributed by atoms with Crippen molar-refractivity contribution in [3.05, 3.63) is 87.9 Å². The number of nitrogens with zero attached hydrogens (tertiary/aromatic N) is 2. The number of hydrogen-bond acceptors (Lipinski definition) is 5. The number of halogens is 1. The minimum atomic E-state index is -0.264. The molecule has 5 rings (SSSR count). The van der Waals surface area contributed by atoms with E-state index in [9.17, 15) is 9.59 Å². The summed E-state index contributed by atoms with van der Waals surface area (Å²) in [5, 5.41) is 15.7. The molecule has 1 heterocycles. The molecule has 2 atom stereocenters. The van der Waals surface area contributed by atoms with Crippen LogP contribution in [-0.2, 0) is 4.79 Å². The second kappa shape index (κ2) is 8.90. The van der Waals surface area contributed by atoms with Gasteiger partial charge in [0, 0.05) is 11.5 Å². The van der Waals surface area contributed by atoms with E-state index in [1.165, 1.54) is 11.3 Å². The minimum absolute atomic E-state index is 0.0689. The number of aromatic nitrogens is 1. The van der Waals surface area contributed by atoms with Crippen LogP contribution in [-0.4, -0.2) is 16.8 Å². The fourth-order valence-electron chi connectivity index (χ4n) is 3.95. The number of nitriles is 1. The Labute approximate surface area is 205 Å². The van der Waals surface area contributed by atoms with Crippen molar-refractivity contribution in [3.8, 4) is 6.07 Å². The van der Waals surface area contributed by atoms with Crippen LogP contribution < -0.4 is 10.6 Å². The van der Waals surface area contributed by atoms with Crippen LogP contribution in [0.4, 0.5) is 10.8 Å². The van der Waals surface area contributed by atoms with E-state index in [4.69, 9.17) is 16.9 Å².